The van der Waals surface area contributed by atoms with Gasteiger partial charge in [-0.1, -0.05) is 183 Å². The lowest BCUT2D eigenvalue weighted by Crippen LogP contribution is -2.12. The molecule has 0 bridgehead atoms. The SMILES string of the molecule is CCCCC(CC)COP(=O)(O)OCC(CC)CCCC.CCCCCCCCCCCCCCCCCC. The van der Waals surface area contributed by atoms with Crippen LogP contribution in [0.3, 0.4) is 0 Å². The summed E-state index contributed by atoms with van der Waals surface area (Å²) in [5, 5.41) is 0. The fourth-order valence-corrected chi connectivity index (χ4v) is 5.73. The summed E-state index contributed by atoms with van der Waals surface area (Å²) < 4.78 is 22.2. The van der Waals surface area contributed by atoms with Crippen molar-refractivity contribution in [3.63, 3.8) is 0 Å². The predicted molar refractivity (Wildman–Crippen MR) is 174 cm³/mol. The second-order valence-electron chi connectivity index (χ2n) is 11.8. The Balaban J connectivity index is 0. The number of phosphoric acid groups is 1. The normalized spacial score (nSPS) is 14.4. The number of hydrogen-bond donors (Lipinski definition) is 1. The molecule has 0 aliphatic heterocycles. The Morgan fingerprint density at radius 3 is 0.949 bits per heavy atom. The molecule has 4 nitrogen and oxygen atoms in total. The van der Waals surface area contributed by atoms with Gasteiger partial charge in [0.1, 0.15) is 0 Å². The fourth-order valence-electron chi connectivity index (χ4n) is 4.85. The van der Waals surface area contributed by atoms with E-state index in [1.807, 2.05) is 0 Å². The van der Waals surface area contributed by atoms with Crippen molar-refractivity contribution in [1.29, 1.82) is 0 Å². The first-order valence-electron chi connectivity index (χ1n) is 17.5. The highest BCUT2D eigenvalue weighted by Crippen LogP contribution is 2.44. The summed E-state index contributed by atoms with van der Waals surface area (Å²) >= 11 is 0. The number of phosphoric ester groups is 1. The van der Waals surface area contributed by atoms with Crippen LogP contribution in [0.25, 0.3) is 0 Å². The molecule has 2 atom stereocenters. The van der Waals surface area contributed by atoms with Crippen molar-refractivity contribution in [2.75, 3.05) is 13.2 Å². The summed E-state index contributed by atoms with van der Waals surface area (Å²) in [7, 11) is -3.89. The monoisotopic (exact) mass is 577 g/mol. The molecule has 39 heavy (non-hydrogen) atoms. The van der Waals surface area contributed by atoms with Crippen molar-refractivity contribution < 1.29 is 18.5 Å². The van der Waals surface area contributed by atoms with Gasteiger partial charge in [-0.3, -0.25) is 9.05 Å². The van der Waals surface area contributed by atoms with E-state index in [-0.39, 0.29) is 0 Å². The van der Waals surface area contributed by atoms with Gasteiger partial charge in [0.05, 0.1) is 13.2 Å². The third-order valence-corrected chi connectivity index (χ3v) is 8.94. The molecule has 5 heteroatoms. The largest absolute Gasteiger partial charge is 0.472 e. The van der Waals surface area contributed by atoms with Gasteiger partial charge in [-0.05, 0) is 24.7 Å². The molecule has 0 aromatic rings. The van der Waals surface area contributed by atoms with E-state index >= 15 is 0 Å². The van der Waals surface area contributed by atoms with Gasteiger partial charge >= 0.3 is 7.82 Å². The molecule has 238 valence electrons. The lowest BCUT2D eigenvalue weighted by molar-refractivity contribution is 0.110. The Morgan fingerprint density at radius 1 is 0.462 bits per heavy atom. The van der Waals surface area contributed by atoms with Crippen molar-refractivity contribution in [3.8, 4) is 0 Å². The topological polar surface area (TPSA) is 55.8 Å². The lowest BCUT2D eigenvalue weighted by atomic mass is 10.0. The minimum absolute atomic E-state index is 0.316. The molecule has 0 aromatic heterocycles. The van der Waals surface area contributed by atoms with Crippen molar-refractivity contribution in [3.05, 3.63) is 0 Å². The maximum Gasteiger partial charge on any atom is 0.472 e. The van der Waals surface area contributed by atoms with Crippen molar-refractivity contribution >= 4 is 7.82 Å². The zero-order valence-corrected chi connectivity index (χ0v) is 28.6. The summed E-state index contributed by atoms with van der Waals surface area (Å²) in [5.74, 6) is 0.687. The van der Waals surface area contributed by atoms with Gasteiger partial charge in [0, 0.05) is 0 Å². The maximum atomic E-state index is 11.9. The van der Waals surface area contributed by atoms with E-state index in [4.69, 9.17) is 9.05 Å². The summed E-state index contributed by atoms with van der Waals surface area (Å²) in [6.45, 7) is 13.7. The van der Waals surface area contributed by atoms with E-state index in [9.17, 15) is 9.46 Å². The Kier molecular flexibility index (Phi) is 34.5. The third-order valence-electron chi connectivity index (χ3n) is 7.99. The predicted octanol–water partition coefficient (Wildman–Crippen LogP) is 12.8. The van der Waals surface area contributed by atoms with Crippen LogP contribution in [0.4, 0.5) is 0 Å². The molecule has 0 heterocycles. The van der Waals surface area contributed by atoms with E-state index in [1.165, 1.54) is 103 Å². The first-order chi connectivity index (χ1) is 18.9. The van der Waals surface area contributed by atoms with Crippen LogP contribution >= 0.6 is 7.82 Å². The Morgan fingerprint density at radius 2 is 0.718 bits per heavy atom. The van der Waals surface area contributed by atoms with Crippen LogP contribution < -0.4 is 0 Å². The van der Waals surface area contributed by atoms with Crippen molar-refractivity contribution in [1.82, 2.24) is 0 Å². The third kappa shape index (κ3) is 32.5. The standard InChI is InChI=1S/C18H38.C16H35O4P/c1-3-5-7-9-11-13-15-17-18-16-14-12-10-8-6-4-2;1-5-9-11-15(7-3)13-19-21(17,18)20-14-16(8-4)12-10-6-2/h3-18H2,1-2H3;15-16H,5-14H2,1-4H3,(H,17,18). The van der Waals surface area contributed by atoms with E-state index < -0.39 is 7.82 Å². The van der Waals surface area contributed by atoms with Crippen molar-refractivity contribution in [2.24, 2.45) is 11.8 Å². The van der Waals surface area contributed by atoms with Crippen LogP contribution in [-0.4, -0.2) is 18.1 Å². The van der Waals surface area contributed by atoms with Gasteiger partial charge in [0.15, 0.2) is 0 Å². The minimum atomic E-state index is -3.89. The summed E-state index contributed by atoms with van der Waals surface area (Å²) in [4.78, 5) is 9.77. The summed E-state index contributed by atoms with van der Waals surface area (Å²) in [6.07, 6.45) is 32.0. The highest BCUT2D eigenvalue weighted by molar-refractivity contribution is 7.47. The first kappa shape index (κ1) is 41.2. The van der Waals surface area contributed by atoms with Gasteiger partial charge in [-0.15, -0.1) is 0 Å². The van der Waals surface area contributed by atoms with E-state index in [0.717, 1.165) is 51.4 Å². The summed E-state index contributed by atoms with van der Waals surface area (Å²) in [6, 6.07) is 0. The zero-order valence-electron chi connectivity index (χ0n) is 27.7. The summed E-state index contributed by atoms with van der Waals surface area (Å²) in [5.41, 5.74) is 0. The van der Waals surface area contributed by atoms with Gasteiger partial charge in [-0.25, -0.2) is 4.57 Å². The second kappa shape index (κ2) is 32.6. The molecule has 0 spiro atoms. The fraction of sp³-hybridized carbons (Fsp3) is 1.00. The van der Waals surface area contributed by atoms with Gasteiger partial charge in [0.2, 0.25) is 0 Å². The van der Waals surface area contributed by atoms with Crippen LogP contribution in [0, 0.1) is 11.8 Å². The Bertz CT molecular complexity index is 460. The molecule has 1 N–H and O–H groups in total. The maximum absolute atomic E-state index is 11.9. The molecule has 0 rings (SSSR count). The Hall–Kier alpha value is 0.110. The smallest absolute Gasteiger partial charge is 0.302 e. The molecule has 0 fully saturated rings. The quantitative estimate of drug-likeness (QED) is 0.0710. The Labute approximate surface area is 246 Å². The van der Waals surface area contributed by atoms with Crippen LogP contribution in [0.5, 0.6) is 0 Å². The second-order valence-corrected chi connectivity index (χ2v) is 13.3. The zero-order chi connectivity index (χ0) is 29.5. The molecule has 0 aromatic carbocycles. The number of unbranched alkanes of at least 4 members (excludes halogenated alkanes) is 17. The molecular formula is C34H73O4P. The molecule has 0 saturated carbocycles. The van der Waals surface area contributed by atoms with Gasteiger partial charge < -0.3 is 4.89 Å². The van der Waals surface area contributed by atoms with Crippen LogP contribution in [0.15, 0.2) is 0 Å². The van der Waals surface area contributed by atoms with Crippen LogP contribution in [-0.2, 0) is 13.6 Å². The number of hydrogen-bond acceptors (Lipinski definition) is 3. The van der Waals surface area contributed by atoms with Gasteiger partial charge in [0.25, 0.3) is 0 Å². The van der Waals surface area contributed by atoms with Crippen LogP contribution in [0.2, 0.25) is 0 Å². The number of rotatable bonds is 29. The first-order valence-corrected chi connectivity index (χ1v) is 19.0. The van der Waals surface area contributed by atoms with E-state index in [0.29, 0.717) is 25.0 Å². The molecule has 2 unspecified atom stereocenters. The average molecular weight is 577 g/mol. The molecular weight excluding hydrogens is 503 g/mol. The van der Waals surface area contributed by atoms with E-state index in [2.05, 4.69) is 41.5 Å². The highest BCUT2D eigenvalue weighted by atomic mass is 31.2. The van der Waals surface area contributed by atoms with E-state index in [1.54, 1.807) is 0 Å². The molecule has 0 radical (unpaired) electrons. The molecule has 0 saturated heterocycles. The molecule has 0 aliphatic rings. The minimum Gasteiger partial charge on any atom is -0.302 e. The molecule has 0 aliphatic carbocycles. The van der Waals surface area contributed by atoms with Crippen LogP contribution in [0.1, 0.15) is 196 Å². The van der Waals surface area contributed by atoms with Crippen molar-refractivity contribution in [2.45, 2.75) is 196 Å². The van der Waals surface area contributed by atoms with Gasteiger partial charge in [-0.2, -0.15) is 0 Å². The highest BCUT2D eigenvalue weighted by Gasteiger charge is 2.24. The lowest BCUT2D eigenvalue weighted by Gasteiger charge is -2.20. The molecule has 0 amide bonds. The average Bonchev–Trinajstić information content (AvgIpc) is 2.94.